The van der Waals surface area contributed by atoms with Crippen LogP contribution < -0.4 is 5.32 Å². The second-order valence-electron chi connectivity index (χ2n) is 12.0. The van der Waals surface area contributed by atoms with E-state index in [2.05, 4.69) is 30.1 Å². The summed E-state index contributed by atoms with van der Waals surface area (Å²) in [6, 6.07) is 0. The number of oxime groups is 1. The van der Waals surface area contributed by atoms with Crippen LogP contribution in [0.25, 0.3) is 0 Å². The first-order valence-corrected chi connectivity index (χ1v) is 13.3. The second kappa shape index (κ2) is 10.0. The summed E-state index contributed by atoms with van der Waals surface area (Å²) in [6.45, 7) is 9.55. The van der Waals surface area contributed by atoms with Crippen molar-refractivity contribution < 1.29 is 29.7 Å². The predicted molar refractivity (Wildman–Crippen MR) is 136 cm³/mol. The summed E-state index contributed by atoms with van der Waals surface area (Å²) < 4.78 is 0. The number of fused-ring (bicyclic) bond motifs is 5. The molecule has 4 aliphatic carbocycles. The molecule has 8 nitrogen and oxygen atoms in total. The summed E-state index contributed by atoms with van der Waals surface area (Å²) in [5, 5.41) is 39.4. The molecule has 3 fully saturated rings. The van der Waals surface area contributed by atoms with Crippen LogP contribution in [0.15, 0.2) is 29.5 Å². The van der Waals surface area contributed by atoms with Crippen LogP contribution in [-0.2, 0) is 14.4 Å². The number of carbonyl (C=O) groups excluding carboxylic acids is 2. The first kappa shape index (κ1) is 27.0. The molecule has 0 bridgehead atoms. The number of allylic oxidation sites excluding steroid dienone is 2. The molecule has 8 atom stereocenters. The Kier molecular flexibility index (Phi) is 7.53. The predicted octanol–water partition coefficient (Wildman–Crippen LogP) is 2.52. The molecule has 0 aromatic rings. The minimum atomic E-state index is -1.57. The Balaban J connectivity index is 1.47. The molecule has 0 aromatic carbocycles. The van der Waals surface area contributed by atoms with Gasteiger partial charge in [-0.05, 0) is 80.1 Å². The Morgan fingerprint density at radius 3 is 2.75 bits per heavy atom. The molecule has 200 valence electrons. The number of hydrogen-bond donors (Lipinski definition) is 4. The molecule has 4 aliphatic rings. The van der Waals surface area contributed by atoms with Crippen molar-refractivity contribution in [2.75, 3.05) is 19.8 Å². The molecular formula is C28H42N2O6. The van der Waals surface area contributed by atoms with Crippen LogP contribution in [-0.4, -0.2) is 64.2 Å². The van der Waals surface area contributed by atoms with Crippen molar-refractivity contribution in [1.29, 1.82) is 0 Å². The number of nitrogens with zero attached hydrogens (tertiary/aromatic N) is 1. The maximum atomic E-state index is 12.6. The van der Waals surface area contributed by atoms with Gasteiger partial charge in [0.1, 0.15) is 12.2 Å². The maximum absolute atomic E-state index is 12.6. The van der Waals surface area contributed by atoms with Crippen LogP contribution in [0, 0.1) is 34.5 Å². The van der Waals surface area contributed by atoms with Gasteiger partial charge in [-0.15, -0.1) is 6.58 Å². The lowest BCUT2D eigenvalue weighted by molar-refractivity contribution is -0.181. The van der Waals surface area contributed by atoms with Gasteiger partial charge >= 0.3 is 0 Å². The van der Waals surface area contributed by atoms with E-state index in [9.17, 15) is 24.9 Å². The number of hydrogen-bond acceptors (Lipinski definition) is 7. The lowest BCUT2D eigenvalue weighted by Crippen LogP contribution is -2.62. The molecule has 0 radical (unpaired) electrons. The zero-order valence-electron chi connectivity index (χ0n) is 21.8. The second-order valence-corrected chi connectivity index (χ2v) is 12.0. The highest BCUT2D eigenvalue weighted by atomic mass is 16.6. The first-order valence-electron chi connectivity index (χ1n) is 13.3. The molecule has 4 N–H and O–H groups in total. The topological polar surface area (TPSA) is 128 Å². The van der Waals surface area contributed by atoms with E-state index in [-0.39, 0.29) is 41.6 Å². The summed E-state index contributed by atoms with van der Waals surface area (Å²) in [4.78, 5) is 29.9. The Labute approximate surface area is 213 Å². The monoisotopic (exact) mass is 502 g/mol. The van der Waals surface area contributed by atoms with Crippen molar-refractivity contribution in [3.8, 4) is 0 Å². The van der Waals surface area contributed by atoms with Gasteiger partial charge in [-0.25, -0.2) is 0 Å². The highest BCUT2D eigenvalue weighted by Crippen LogP contribution is 2.67. The Morgan fingerprint density at radius 2 is 2.06 bits per heavy atom. The fourth-order valence-electron chi connectivity index (χ4n) is 7.95. The van der Waals surface area contributed by atoms with Gasteiger partial charge < -0.3 is 25.5 Å². The molecule has 0 aromatic heterocycles. The van der Waals surface area contributed by atoms with Gasteiger partial charge in [0, 0.05) is 12.0 Å². The summed E-state index contributed by atoms with van der Waals surface area (Å²) in [5.74, 6) is -0.169. The number of carbonyl (C=O) groups is 2. The van der Waals surface area contributed by atoms with E-state index in [4.69, 9.17) is 4.84 Å². The van der Waals surface area contributed by atoms with E-state index in [1.165, 1.54) is 5.57 Å². The van der Waals surface area contributed by atoms with Crippen molar-refractivity contribution in [3.05, 3.63) is 24.3 Å². The fraction of sp³-hybridized carbons (Fsp3) is 0.750. The zero-order valence-corrected chi connectivity index (χ0v) is 21.8. The third-order valence-electron chi connectivity index (χ3n) is 10.1. The van der Waals surface area contributed by atoms with Crippen LogP contribution in [0.3, 0.4) is 0 Å². The number of aliphatic hydroxyl groups excluding tert-OH is 2. The Bertz CT molecular complexity index is 962. The Hall–Kier alpha value is -2.03. The standard InChI is InChI=1S/C28H42N2O6/c1-5-17(2)14-29-24(34)16-36-30-19-8-10-26(3)18(12-19)6-7-20-21-9-11-28(35,23(33)15-31)27(21,4)13-22(32)25(20)26/h5,12,17,20-22,25,31-32,35H,1,6-11,13-16H2,2-4H3,(H,29,34)/b30-19-/t17?,20?,21?,22?,25?,26?,27?,28-/m0/s1. The number of nitrogens with one attached hydrogen (secondary N) is 1. The smallest absolute Gasteiger partial charge is 0.260 e. The highest BCUT2D eigenvalue weighted by molar-refractivity contribution is 5.96. The van der Waals surface area contributed by atoms with Crippen LogP contribution in [0.5, 0.6) is 0 Å². The Morgan fingerprint density at radius 1 is 1.31 bits per heavy atom. The maximum Gasteiger partial charge on any atom is 0.260 e. The van der Waals surface area contributed by atoms with Gasteiger partial charge in [-0.3, -0.25) is 9.59 Å². The molecule has 7 unspecified atom stereocenters. The van der Waals surface area contributed by atoms with E-state index >= 15 is 0 Å². The lowest BCUT2D eigenvalue weighted by Gasteiger charge is -2.60. The van der Waals surface area contributed by atoms with Crippen molar-refractivity contribution in [3.63, 3.8) is 0 Å². The highest BCUT2D eigenvalue weighted by Gasteiger charge is 2.68. The first-order chi connectivity index (χ1) is 17.0. The number of rotatable bonds is 8. The van der Waals surface area contributed by atoms with Crippen molar-refractivity contribution in [2.24, 2.45) is 39.7 Å². The molecule has 0 spiro atoms. The van der Waals surface area contributed by atoms with Crippen molar-refractivity contribution in [1.82, 2.24) is 5.32 Å². The van der Waals surface area contributed by atoms with Gasteiger partial charge in [0.25, 0.3) is 5.91 Å². The van der Waals surface area contributed by atoms with Gasteiger partial charge in [0.2, 0.25) is 0 Å². The third kappa shape index (κ3) is 4.35. The van der Waals surface area contributed by atoms with Gasteiger partial charge in [-0.2, -0.15) is 0 Å². The number of Topliss-reactive ketones (excluding diaryl/α,β-unsaturated/α-hetero) is 1. The van der Waals surface area contributed by atoms with Crippen LogP contribution in [0.2, 0.25) is 0 Å². The van der Waals surface area contributed by atoms with E-state index in [1.54, 1.807) is 6.08 Å². The van der Waals surface area contributed by atoms with Gasteiger partial charge in [0.15, 0.2) is 12.4 Å². The van der Waals surface area contributed by atoms with Crippen LogP contribution in [0.4, 0.5) is 0 Å². The lowest BCUT2D eigenvalue weighted by atomic mass is 9.45. The molecule has 0 aliphatic heterocycles. The molecule has 4 rings (SSSR count). The average molecular weight is 503 g/mol. The average Bonchev–Trinajstić information content (AvgIpc) is 3.12. The minimum absolute atomic E-state index is 0.0437. The molecule has 0 heterocycles. The number of aliphatic hydroxyl groups is 3. The van der Waals surface area contributed by atoms with E-state index in [0.717, 1.165) is 31.4 Å². The van der Waals surface area contributed by atoms with Crippen LogP contribution >= 0.6 is 0 Å². The molecule has 3 saturated carbocycles. The van der Waals surface area contributed by atoms with E-state index < -0.39 is 29.5 Å². The summed E-state index contributed by atoms with van der Waals surface area (Å²) in [6.07, 6.45) is 7.92. The van der Waals surface area contributed by atoms with Gasteiger partial charge in [0.05, 0.1) is 11.8 Å². The molecule has 8 heteroatoms. The van der Waals surface area contributed by atoms with Crippen LogP contribution in [0.1, 0.15) is 65.7 Å². The van der Waals surface area contributed by atoms with Gasteiger partial charge in [-0.1, -0.05) is 37.6 Å². The molecule has 0 saturated heterocycles. The quantitative estimate of drug-likeness (QED) is 0.298. The van der Waals surface area contributed by atoms with E-state index in [0.29, 0.717) is 25.8 Å². The molecule has 36 heavy (non-hydrogen) atoms. The van der Waals surface area contributed by atoms with E-state index in [1.807, 2.05) is 13.8 Å². The minimum Gasteiger partial charge on any atom is -0.393 e. The normalized spacial score (nSPS) is 41.4. The fourth-order valence-corrected chi connectivity index (χ4v) is 7.95. The zero-order chi connectivity index (χ0) is 26.3. The number of amides is 1. The summed E-state index contributed by atoms with van der Waals surface area (Å²) in [7, 11) is 0. The molecule has 1 amide bonds. The van der Waals surface area contributed by atoms with Crippen molar-refractivity contribution >= 4 is 17.4 Å². The largest absolute Gasteiger partial charge is 0.393 e. The summed E-state index contributed by atoms with van der Waals surface area (Å²) >= 11 is 0. The number of ketones is 1. The summed E-state index contributed by atoms with van der Waals surface area (Å²) in [5.41, 5.74) is -0.432. The SMILES string of the molecule is C=CC(C)CNC(=O)CO/N=C1\C=C2CCC3C(C(O)CC4(C)C3CC[C@]4(O)C(=O)CO)C2(C)CC1. The third-order valence-corrected chi connectivity index (χ3v) is 10.1. The molecular weight excluding hydrogens is 460 g/mol. The van der Waals surface area contributed by atoms with Crippen molar-refractivity contribution in [2.45, 2.75) is 77.4 Å².